The van der Waals surface area contributed by atoms with Crippen LogP contribution in [0.25, 0.3) is 0 Å². The highest BCUT2D eigenvalue weighted by atomic mass is 35.5. The summed E-state index contributed by atoms with van der Waals surface area (Å²) in [6.45, 7) is 4.53. The molecule has 1 aromatic rings. The first-order valence-corrected chi connectivity index (χ1v) is 7.91. The van der Waals surface area contributed by atoms with Crippen LogP contribution in [0.2, 0.25) is 5.02 Å². The fourth-order valence-corrected chi connectivity index (χ4v) is 2.62. The van der Waals surface area contributed by atoms with Crippen molar-refractivity contribution in [2.45, 2.75) is 32.3 Å². The number of benzene rings is 1. The van der Waals surface area contributed by atoms with Gasteiger partial charge in [0.15, 0.2) is 0 Å². The zero-order valence-corrected chi connectivity index (χ0v) is 14.4. The van der Waals surface area contributed by atoms with Gasteiger partial charge in [0.1, 0.15) is 11.9 Å². The molecule has 2 unspecified atom stereocenters. The molecule has 2 N–H and O–H groups in total. The van der Waals surface area contributed by atoms with Gasteiger partial charge in [-0.1, -0.05) is 23.7 Å². The van der Waals surface area contributed by atoms with Crippen LogP contribution in [0.5, 0.6) is 5.75 Å². The van der Waals surface area contributed by atoms with Crippen LogP contribution >= 0.6 is 24.0 Å². The summed E-state index contributed by atoms with van der Waals surface area (Å²) in [5.74, 6) is 1.39. The lowest BCUT2D eigenvalue weighted by Gasteiger charge is -2.16. The molecule has 0 radical (unpaired) electrons. The quantitative estimate of drug-likeness (QED) is 0.797. The lowest BCUT2D eigenvalue weighted by atomic mass is 10.0. The summed E-state index contributed by atoms with van der Waals surface area (Å²) >= 11 is 6.04. The second kappa shape index (κ2) is 9.93. The zero-order chi connectivity index (χ0) is 15.1. The fraction of sp³-hybridized carbons (Fsp3) is 0.562. The molecule has 1 saturated heterocycles. The molecule has 0 saturated carbocycles. The molecule has 1 heterocycles. The topological polar surface area (TPSA) is 50.4 Å². The molecule has 6 heteroatoms. The van der Waals surface area contributed by atoms with Crippen molar-refractivity contribution in [1.82, 2.24) is 10.6 Å². The van der Waals surface area contributed by atoms with E-state index in [0.29, 0.717) is 29.7 Å². The molecule has 1 fully saturated rings. The second-order valence-corrected chi connectivity index (χ2v) is 5.97. The van der Waals surface area contributed by atoms with E-state index in [1.165, 1.54) is 6.42 Å². The Morgan fingerprint density at radius 3 is 2.95 bits per heavy atom. The Morgan fingerprint density at radius 1 is 1.50 bits per heavy atom. The third-order valence-electron chi connectivity index (χ3n) is 3.69. The normalized spacial score (nSPS) is 18.4. The largest absolute Gasteiger partial charge is 0.487 e. The third kappa shape index (κ3) is 6.42. The van der Waals surface area contributed by atoms with E-state index < -0.39 is 0 Å². The van der Waals surface area contributed by atoms with Crippen LogP contribution in [0.15, 0.2) is 24.3 Å². The van der Waals surface area contributed by atoms with E-state index in [1.807, 2.05) is 25.1 Å². The van der Waals surface area contributed by atoms with Gasteiger partial charge in [-0.2, -0.15) is 0 Å². The van der Waals surface area contributed by atoms with Crippen molar-refractivity contribution < 1.29 is 9.53 Å². The second-order valence-electron chi connectivity index (χ2n) is 5.56. The van der Waals surface area contributed by atoms with Gasteiger partial charge in [0.25, 0.3) is 0 Å². The molecule has 1 amide bonds. The Hall–Kier alpha value is -0.970. The number of ether oxygens (including phenoxy) is 1. The first-order chi connectivity index (χ1) is 10.1. The smallest absolute Gasteiger partial charge is 0.220 e. The van der Waals surface area contributed by atoms with Crippen molar-refractivity contribution in [2.75, 3.05) is 19.6 Å². The number of hydrogen-bond donors (Lipinski definition) is 2. The molecular formula is C16H24Cl2N2O2. The fourth-order valence-electron chi connectivity index (χ4n) is 2.44. The highest BCUT2D eigenvalue weighted by Gasteiger charge is 2.16. The van der Waals surface area contributed by atoms with Crippen molar-refractivity contribution in [3.63, 3.8) is 0 Å². The molecule has 1 aliphatic rings. The molecular weight excluding hydrogens is 323 g/mol. The predicted octanol–water partition coefficient (Wildman–Crippen LogP) is 3.04. The lowest BCUT2D eigenvalue weighted by molar-refractivity contribution is -0.121. The number of amides is 1. The summed E-state index contributed by atoms with van der Waals surface area (Å²) in [5, 5.41) is 6.82. The van der Waals surface area contributed by atoms with Gasteiger partial charge in [0.05, 0.1) is 11.6 Å². The van der Waals surface area contributed by atoms with E-state index in [2.05, 4.69) is 10.6 Å². The molecule has 1 aliphatic heterocycles. The predicted molar refractivity (Wildman–Crippen MR) is 92.0 cm³/mol. The van der Waals surface area contributed by atoms with Gasteiger partial charge in [-0.05, 0) is 50.9 Å². The minimum Gasteiger partial charge on any atom is -0.487 e. The van der Waals surface area contributed by atoms with Crippen LogP contribution in [0.4, 0.5) is 0 Å². The van der Waals surface area contributed by atoms with Crippen molar-refractivity contribution in [2.24, 2.45) is 5.92 Å². The van der Waals surface area contributed by atoms with Gasteiger partial charge in [-0.3, -0.25) is 4.79 Å². The summed E-state index contributed by atoms with van der Waals surface area (Å²) in [7, 11) is 0. The van der Waals surface area contributed by atoms with Crippen molar-refractivity contribution in [1.29, 1.82) is 0 Å². The van der Waals surface area contributed by atoms with Gasteiger partial charge >= 0.3 is 0 Å². The van der Waals surface area contributed by atoms with Crippen LogP contribution in [-0.4, -0.2) is 31.6 Å². The first kappa shape index (κ1) is 19.1. The van der Waals surface area contributed by atoms with E-state index in [0.717, 1.165) is 19.5 Å². The summed E-state index contributed by atoms with van der Waals surface area (Å²) in [5.41, 5.74) is 0. The average molecular weight is 347 g/mol. The highest BCUT2D eigenvalue weighted by Crippen LogP contribution is 2.24. The number of nitrogens with one attached hydrogen (secondary N) is 2. The average Bonchev–Trinajstić information content (AvgIpc) is 2.99. The number of hydrogen-bond acceptors (Lipinski definition) is 3. The first-order valence-electron chi connectivity index (χ1n) is 7.53. The highest BCUT2D eigenvalue weighted by molar-refractivity contribution is 6.32. The molecule has 1 aromatic carbocycles. The monoisotopic (exact) mass is 346 g/mol. The van der Waals surface area contributed by atoms with Crippen molar-refractivity contribution in [3.8, 4) is 5.75 Å². The maximum atomic E-state index is 11.8. The molecule has 2 rings (SSSR count). The molecule has 124 valence electrons. The third-order valence-corrected chi connectivity index (χ3v) is 4.01. The Morgan fingerprint density at radius 2 is 2.27 bits per heavy atom. The number of carbonyl (C=O) groups is 1. The van der Waals surface area contributed by atoms with E-state index in [9.17, 15) is 4.79 Å². The van der Waals surface area contributed by atoms with E-state index >= 15 is 0 Å². The van der Waals surface area contributed by atoms with Gasteiger partial charge in [-0.25, -0.2) is 0 Å². The zero-order valence-electron chi connectivity index (χ0n) is 12.8. The van der Waals surface area contributed by atoms with Crippen LogP contribution in [-0.2, 0) is 4.79 Å². The SMILES string of the molecule is CC(CNC(=O)CCC1CCNC1)Oc1ccccc1Cl.Cl. The maximum absolute atomic E-state index is 11.8. The van der Waals surface area contributed by atoms with Gasteiger partial charge in [-0.15, -0.1) is 12.4 Å². The van der Waals surface area contributed by atoms with E-state index in [-0.39, 0.29) is 24.4 Å². The Bertz CT molecular complexity index is 465. The minimum atomic E-state index is -0.109. The minimum absolute atomic E-state index is 0. The molecule has 22 heavy (non-hydrogen) atoms. The number of rotatable bonds is 7. The maximum Gasteiger partial charge on any atom is 0.220 e. The van der Waals surface area contributed by atoms with Crippen molar-refractivity contribution >= 4 is 29.9 Å². The van der Waals surface area contributed by atoms with Crippen LogP contribution in [0, 0.1) is 5.92 Å². The molecule has 0 bridgehead atoms. The van der Waals surface area contributed by atoms with Gasteiger partial charge < -0.3 is 15.4 Å². The van der Waals surface area contributed by atoms with Crippen LogP contribution in [0.1, 0.15) is 26.2 Å². The van der Waals surface area contributed by atoms with E-state index in [1.54, 1.807) is 6.07 Å². The molecule has 2 atom stereocenters. The van der Waals surface area contributed by atoms with Crippen LogP contribution in [0.3, 0.4) is 0 Å². The molecule has 4 nitrogen and oxygen atoms in total. The Labute approximate surface area is 143 Å². The Kier molecular flexibility index (Phi) is 8.61. The summed E-state index contributed by atoms with van der Waals surface area (Å²) < 4.78 is 5.72. The number of para-hydroxylation sites is 1. The molecule has 0 aromatic heterocycles. The molecule has 0 aliphatic carbocycles. The van der Waals surface area contributed by atoms with Crippen LogP contribution < -0.4 is 15.4 Å². The molecule has 0 spiro atoms. The van der Waals surface area contributed by atoms with Gasteiger partial charge in [0.2, 0.25) is 5.91 Å². The van der Waals surface area contributed by atoms with E-state index in [4.69, 9.17) is 16.3 Å². The Balaban J connectivity index is 0.00000242. The summed E-state index contributed by atoms with van der Waals surface area (Å²) in [4.78, 5) is 11.8. The summed E-state index contributed by atoms with van der Waals surface area (Å²) in [6.07, 6.45) is 2.62. The summed E-state index contributed by atoms with van der Waals surface area (Å²) in [6, 6.07) is 7.35. The van der Waals surface area contributed by atoms with Gasteiger partial charge in [0, 0.05) is 6.42 Å². The lowest BCUT2D eigenvalue weighted by Crippen LogP contribution is -2.33. The number of carbonyl (C=O) groups excluding carboxylic acids is 1. The standard InChI is InChI=1S/C16H23ClN2O2.ClH/c1-12(21-15-5-3-2-4-14(15)17)10-19-16(20)7-6-13-8-9-18-11-13;/h2-5,12-13,18H,6-11H2,1H3,(H,19,20);1H. The number of halogens is 2. The van der Waals surface area contributed by atoms with Crippen molar-refractivity contribution in [3.05, 3.63) is 29.3 Å².